The predicted octanol–water partition coefficient (Wildman–Crippen LogP) is 2.67. The number of pyridine rings is 1. The minimum Gasteiger partial charge on any atom is -0.503 e. The largest absolute Gasteiger partial charge is 0.503 e. The molecule has 0 radical (unpaired) electrons. The molecule has 2 aliphatic heterocycles. The summed E-state index contributed by atoms with van der Waals surface area (Å²) in [5.41, 5.74) is -1.80. The van der Waals surface area contributed by atoms with Gasteiger partial charge in [-0.15, -0.1) is 0 Å². The fourth-order valence-electron chi connectivity index (χ4n) is 6.60. The Labute approximate surface area is 199 Å². The number of aromatic hydroxyl groups is 1. The Morgan fingerprint density at radius 2 is 2.03 bits per heavy atom. The van der Waals surface area contributed by atoms with E-state index >= 15 is 0 Å². The Bertz CT molecular complexity index is 1340. The molecule has 1 aromatic heterocycles. The van der Waals surface area contributed by atoms with Gasteiger partial charge in [0.2, 0.25) is 5.43 Å². The molecule has 10 heteroatoms. The maximum Gasteiger partial charge on any atom is 0.276 e. The van der Waals surface area contributed by atoms with E-state index in [4.69, 9.17) is 4.74 Å². The molecule has 6 rings (SSSR count). The van der Waals surface area contributed by atoms with Crippen LogP contribution < -0.4 is 10.7 Å². The zero-order chi connectivity index (χ0) is 24.7. The van der Waals surface area contributed by atoms with E-state index in [0.717, 1.165) is 38.2 Å². The van der Waals surface area contributed by atoms with Gasteiger partial charge in [-0.3, -0.25) is 14.4 Å². The minimum atomic E-state index is -0.984. The second kappa shape index (κ2) is 7.36. The van der Waals surface area contributed by atoms with Crippen molar-refractivity contribution in [3.8, 4) is 5.75 Å². The summed E-state index contributed by atoms with van der Waals surface area (Å²) < 4.78 is 34.9. The Morgan fingerprint density at radius 1 is 1.26 bits per heavy atom. The highest BCUT2D eigenvalue weighted by Gasteiger charge is 2.76. The number of nitrogens with zero attached hydrogens (tertiary/aromatic N) is 2. The number of carbonyl (C=O) groups excluding carboxylic acids is 2. The average molecular weight is 485 g/mol. The first-order valence-corrected chi connectivity index (χ1v) is 11.9. The third kappa shape index (κ3) is 3.01. The molecule has 3 heterocycles. The molecular formula is C25H25F2N3O5. The standard InChI is InChI=1S/C25H25F2N3O5/c1-13-24-6-2-3-7-25(24,12-24)35-18-11-29-10-16(20(31)21(32)19(29)23(34)30(13)18)22(33)28-9-14-4-5-15(26)8-17(14)27/h4-5,8,10,13,18,32H,2-3,6-7,9,11-12H2,1H3,(H,28,33). The van der Waals surface area contributed by atoms with E-state index in [2.05, 4.69) is 5.32 Å². The molecule has 8 nitrogen and oxygen atoms in total. The summed E-state index contributed by atoms with van der Waals surface area (Å²) in [7, 11) is 0. The van der Waals surface area contributed by atoms with Crippen LogP contribution in [0.5, 0.6) is 5.75 Å². The molecule has 4 unspecified atom stereocenters. The Morgan fingerprint density at radius 3 is 2.80 bits per heavy atom. The number of benzene rings is 1. The maximum absolute atomic E-state index is 13.9. The van der Waals surface area contributed by atoms with Crippen molar-refractivity contribution >= 4 is 11.8 Å². The van der Waals surface area contributed by atoms with Crippen LogP contribution in [0.2, 0.25) is 0 Å². The van der Waals surface area contributed by atoms with E-state index in [0.29, 0.717) is 6.07 Å². The van der Waals surface area contributed by atoms with Crippen LogP contribution in [0, 0.1) is 17.0 Å². The lowest BCUT2D eigenvalue weighted by atomic mass is 9.79. The van der Waals surface area contributed by atoms with Crippen LogP contribution in [0.3, 0.4) is 0 Å². The number of ether oxygens (including phenoxy) is 1. The first-order chi connectivity index (χ1) is 16.7. The SMILES string of the molecule is CC1N2C(=O)c3c(O)c(=O)c(C(=O)NCc4ccc(F)cc4F)cn3CC2OC23CCCCC12C3. The van der Waals surface area contributed by atoms with Crippen molar-refractivity contribution < 1.29 is 28.2 Å². The average Bonchev–Trinajstić information content (AvgIpc) is 3.51. The van der Waals surface area contributed by atoms with Gasteiger partial charge in [-0.25, -0.2) is 8.78 Å². The number of halogens is 2. The van der Waals surface area contributed by atoms with Crippen molar-refractivity contribution in [3.63, 3.8) is 0 Å². The van der Waals surface area contributed by atoms with Gasteiger partial charge in [0.05, 0.1) is 12.1 Å². The molecular weight excluding hydrogens is 460 g/mol. The Hall–Kier alpha value is -3.27. The molecule has 1 aromatic carbocycles. The second-order valence-corrected chi connectivity index (χ2v) is 10.1. The van der Waals surface area contributed by atoms with Gasteiger partial charge >= 0.3 is 0 Å². The normalized spacial score (nSPS) is 30.6. The number of rotatable bonds is 3. The van der Waals surface area contributed by atoms with E-state index in [1.165, 1.54) is 16.8 Å². The topological polar surface area (TPSA) is 101 Å². The third-order valence-electron chi connectivity index (χ3n) is 8.47. The molecule has 3 fully saturated rings. The van der Waals surface area contributed by atoms with Gasteiger partial charge in [-0.1, -0.05) is 18.9 Å². The van der Waals surface area contributed by atoms with E-state index < -0.39 is 40.9 Å². The summed E-state index contributed by atoms with van der Waals surface area (Å²) in [4.78, 5) is 40.7. The van der Waals surface area contributed by atoms with E-state index in [9.17, 15) is 28.3 Å². The summed E-state index contributed by atoms with van der Waals surface area (Å²) >= 11 is 0. The second-order valence-electron chi connectivity index (χ2n) is 10.1. The molecule has 2 aliphatic carbocycles. The molecule has 4 atom stereocenters. The van der Waals surface area contributed by atoms with Gasteiger partial charge in [0, 0.05) is 35.8 Å². The smallest absolute Gasteiger partial charge is 0.276 e. The lowest BCUT2D eigenvalue weighted by molar-refractivity contribution is -0.192. The summed E-state index contributed by atoms with van der Waals surface area (Å²) in [6, 6.07) is 2.86. The third-order valence-corrected chi connectivity index (χ3v) is 8.47. The predicted molar refractivity (Wildman–Crippen MR) is 119 cm³/mol. The Balaban J connectivity index is 1.30. The summed E-state index contributed by atoms with van der Waals surface area (Å²) in [5.74, 6) is -3.71. The van der Waals surface area contributed by atoms with Crippen molar-refractivity contribution in [1.82, 2.24) is 14.8 Å². The van der Waals surface area contributed by atoms with Crippen LogP contribution in [0.1, 0.15) is 65.4 Å². The highest BCUT2D eigenvalue weighted by Crippen LogP contribution is 2.72. The van der Waals surface area contributed by atoms with E-state index in [-0.39, 0.29) is 47.0 Å². The number of carbonyl (C=O) groups is 2. The van der Waals surface area contributed by atoms with Crippen molar-refractivity contribution in [3.05, 3.63) is 63.1 Å². The lowest BCUT2D eigenvalue weighted by Gasteiger charge is -2.51. The highest BCUT2D eigenvalue weighted by atomic mass is 19.1. The van der Waals surface area contributed by atoms with Crippen LogP contribution in [-0.4, -0.2) is 44.3 Å². The first-order valence-electron chi connectivity index (χ1n) is 11.9. The summed E-state index contributed by atoms with van der Waals surface area (Å²) in [6.45, 7) is 1.90. The maximum atomic E-state index is 13.9. The molecule has 2 amide bonds. The van der Waals surface area contributed by atoms with Gasteiger partial charge in [0.1, 0.15) is 17.2 Å². The Kier molecular flexibility index (Phi) is 4.67. The van der Waals surface area contributed by atoms with Crippen molar-refractivity contribution in [2.45, 2.75) is 70.0 Å². The number of fused-ring (bicyclic) bond motifs is 2. The van der Waals surface area contributed by atoms with Gasteiger partial charge in [0.25, 0.3) is 11.8 Å². The molecule has 2 saturated carbocycles. The number of amides is 2. The number of nitrogens with one attached hydrogen (secondary N) is 1. The number of hydrogen-bond acceptors (Lipinski definition) is 5. The molecule has 184 valence electrons. The lowest BCUT2D eigenvalue weighted by Crippen LogP contribution is -2.63. The van der Waals surface area contributed by atoms with Crippen molar-refractivity contribution in [2.75, 3.05) is 0 Å². The monoisotopic (exact) mass is 485 g/mol. The zero-order valence-electron chi connectivity index (χ0n) is 19.1. The molecule has 0 bridgehead atoms. The fraction of sp³-hybridized carbons (Fsp3) is 0.480. The molecule has 35 heavy (non-hydrogen) atoms. The van der Waals surface area contributed by atoms with Gasteiger partial charge in [-0.05, 0) is 32.3 Å². The molecule has 2 aromatic rings. The quantitative estimate of drug-likeness (QED) is 0.696. The van der Waals surface area contributed by atoms with Gasteiger partial charge in [0.15, 0.2) is 17.7 Å². The summed E-state index contributed by atoms with van der Waals surface area (Å²) in [5, 5.41) is 13.1. The zero-order valence-corrected chi connectivity index (χ0v) is 19.1. The van der Waals surface area contributed by atoms with Gasteiger partial charge < -0.3 is 24.6 Å². The molecule has 2 N–H and O–H groups in total. The van der Waals surface area contributed by atoms with Crippen LogP contribution >= 0.6 is 0 Å². The molecule has 4 aliphatic rings. The fourth-order valence-corrected chi connectivity index (χ4v) is 6.60. The van der Waals surface area contributed by atoms with Crippen molar-refractivity contribution in [2.24, 2.45) is 5.41 Å². The van der Waals surface area contributed by atoms with E-state index in [1.807, 2.05) is 6.92 Å². The van der Waals surface area contributed by atoms with Crippen LogP contribution in [0.25, 0.3) is 0 Å². The number of hydrogen-bond donors (Lipinski definition) is 2. The van der Waals surface area contributed by atoms with Crippen LogP contribution in [0.4, 0.5) is 8.78 Å². The molecule has 0 spiro atoms. The van der Waals surface area contributed by atoms with Crippen LogP contribution in [0.15, 0.2) is 29.2 Å². The van der Waals surface area contributed by atoms with E-state index in [1.54, 1.807) is 4.90 Å². The number of aromatic nitrogens is 1. The highest BCUT2D eigenvalue weighted by molar-refractivity contribution is 5.99. The van der Waals surface area contributed by atoms with Gasteiger partial charge in [-0.2, -0.15) is 0 Å². The molecule has 1 saturated heterocycles. The minimum absolute atomic E-state index is 0.0390. The van der Waals surface area contributed by atoms with Crippen LogP contribution in [-0.2, 0) is 17.8 Å². The first kappa shape index (κ1) is 22.2. The summed E-state index contributed by atoms with van der Waals surface area (Å²) in [6.07, 6.45) is 5.68. The van der Waals surface area contributed by atoms with Crippen molar-refractivity contribution in [1.29, 1.82) is 0 Å².